The third-order valence-electron chi connectivity index (χ3n) is 3.12. The highest BCUT2D eigenvalue weighted by Gasteiger charge is 2.34. The zero-order valence-corrected chi connectivity index (χ0v) is 11.9. The summed E-state index contributed by atoms with van der Waals surface area (Å²) in [6.45, 7) is 1.67. The average molecular weight is 328 g/mol. The fourth-order valence-corrected chi connectivity index (χ4v) is 2.32. The number of nitrogens with zero attached hydrogens (tertiary/aromatic N) is 4. The molecule has 0 radical (unpaired) electrons. The highest BCUT2D eigenvalue weighted by Crippen LogP contribution is 2.35. The molecule has 0 atom stereocenters. The molecule has 0 saturated heterocycles. The van der Waals surface area contributed by atoms with Crippen LogP contribution in [0.15, 0.2) is 24.4 Å². The minimum atomic E-state index is -4.59. The summed E-state index contributed by atoms with van der Waals surface area (Å²) < 4.78 is 40.3. The van der Waals surface area contributed by atoms with Crippen LogP contribution in [0.3, 0.4) is 0 Å². The lowest BCUT2D eigenvalue weighted by atomic mass is 10.1. The van der Waals surface area contributed by atoms with E-state index in [-0.39, 0.29) is 10.7 Å². The van der Waals surface area contributed by atoms with Crippen LogP contribution in [0.1, 0.15) is 11.3 Å². The van der Waals surface area contributed by atoms with Crippen LogP contribution in [0, 0.1) is 6.92 Å². The Balaban J connectivity index is 2.28. The molecule has 3 aromatic heterocycles. The van der Waals surface area contributed by atoms with Gasteiger partial charge in [0.25, 0.3) is 0 Å². The molecule has 114 valence electrons. The van der Waals surface area contributed by atoms with Crippen molar-refractivity contribution in [1.82, 2.24) is 19.6 Å². The third kappa shape index (κ3) is 2.35. The summed E-state index contributed by atoms with van der Waals surface area (Å²) in [5.74, 6) is -0.575. The van der Waals surface area contributed by atoms with E-state index in [1.807, 2.05) is 0 Å². The van der Waals surface area contributed by atoms with Gasteiger partial charge in [0.1, 0.15) is 11.0 Å². The van der Waals surface area contributed by atoms with Crippen molar-refractivity contribution in [2.45, 2.75) is 13.1 Å². The van der Waals surface area contributed by atoms with E-state index in [0.717, 1.165) is 6.07 Å². The lowest BCUT2D eigenvalue weighted by Gasteiger charge is -2.11. The molecule has 0 aromatic carbocycles. The number of imidazole rings is 1. The van der Waals surface area contributed by atoms with Crippen LogP contribution in [0.25, 0.3) is 16.9 Å². The van der Waals surface area contributed by atoms with Crippen LogP contribution in [-0.4, -0.2) is 19.6 Å². The molecular weight excluding hydrogens is 319 g/mol. The van der Waals surface area contributed by atoms with E-state index in [2.05, 4.69) is 15.1 Å². The Hall–Kier alpha value is -2.35. The summed E-state index contributed by atoms with van der Waals surface area (Å²) in [5, 5.41) is 4.27. The largest absolute Gasteiger partial charge is 0.419 e. The highest BCUT2D eigenvalue weighted by molar-refractivity contribution is 6.29. The first-order chi connectivity index (χ1) is 10.3. The molecule has 0 aliphatic carbocycles. The Labute approximate surface area is 127 Å². The first-order valence-electron chi connectivity index (χ1n) is 6.12. The molecule has 2 N–H and O–H groups in total. The van der Waals surface area contributed by atoms with Gasteiger partial charge in [0.15, 0.2) is 5.65 Å². The number of aromatic nitrogens is 4. The summed E-state index contributed by atoms with van der Waals surface area (Å²) in [5.41, 5.74) is 5.89. The van der Waals surface area contributed by atoms with E-state index < -0.39 is 17.6 Å². The second kappa shape index (κ2) is 4.84. The standard InChI is InChI=1S/C13H9ClF3N5/c1-6-11(22-10(20-6)3-2-9(14)21-22)7-4-8(13(15,16)17)12(18)19-5-7/h2-5H,1H3,(H2,18,19). The SMILES string of the molecule is Cc1nc2ccc(Cl)nn2c1-c1cnc(N)c(C(F)(F)F)c1. The molecule has 0 fully saturated rings. The van der Waals surface area contributed by atoms with E-state index in [4.69, 9.17) is 17.3 Å². The first-order valence-corrected chi connectivity index (χ1v) is 6.50. The van der Waals surface area contributed by atoms with Gasteiger partial charge in [-0.05, 0) is 25.1 Å². The van der Waals surface area contributed by atoms with Gasteiger partial charge in [0, 0.05) is 11.8 Å². The lowest BCUT2D eigenvalue weighted by molar-refractivity contribution is -0.137. The summed E-state index contributed by atoms with van der Waals surface area (Å²) in [6, 6.07) is 4.11. The summed E-state index contributed by atoms with van der Waals surface area (Å²) in [6.07, 6.45) is -3.34. The Morgan fingerprint density at radius 1 is 1.27 bits per heavy atom. The molecule has 0 saturated carbocycles. The van der Waals surface area contributed by atoms with Crippen molar-refractivity contribution in [1.29, 1.82) is 0 Å². The molecule has 9 heteroatoms. The molecule has 5 nitrogen and oxygen atoms in total. The van der Waals surface area contributed by atoms with Crippen molar-refractivity contribution >= 4 is 23.1 Å². The average Bonchev–Trinajstić information content (AvgIpc) is 2.74. The predicted octanol–water partition coefficient (Wildman–Crippen LogP) is 3.35. The fraction of sp³-hybridized carbons (Fsp3) is 0.154. The summed E-state index contributed by atoms with van der Waals surface area (Å²) in [7, 11) is 0. The minimum absolute atomic E-state index is 0.200. The first kappa shape index (κ1) is 14.6. The number of anilines is 1. The Kier molecular flexibility index (Phi) is 3.21. The van der Waals surface area contributed by atoms with Crippen molar-refractivity contribution in [2.75, 3.05) is 5.73 Å². The molecule has 3 rings (SSSR count). The van der Waals surface area contributed by atoms with Crippen LogP contribution in [0.5, 0.6) is 0 Å². The maximum Gasteiger partial charge on any atom is 0.419 e. The van der Waals surface area contributed by atoms with Crippen molar-refractivity contribution in [3.63, 3.8) is 0 Å². The number of fused-ring (bicyclic) bond motifs is 1. The van der Waals surface area contributed by atoms with Crippen LogP contribution >= 0.6 is 11.6 Å². The van der Waals surface area contributed by atoms with E-state index in [1.165, 1.54) is 10.7 Å². The van der Waals surface area contributed by atoms with E-state index in [0.29, 0.717) is 17.0 Å². The van der Waals surface area contributed by atoms with E-state index >= 15 is 0 Å². The smallest absolute Gasteiger partial charge is 0.383 e. The number of rotatable bonds is 1. The van der Waals surface area contributed by atoms with Gasteiger partial charge < -0.3 is 5.73 Å². The Morgan fingerprint density at radius 2 is 2.00 bits per heavy atom. The molecule has 3 heterocycles. The molecule has 0 aliphatic heterocycles. The van der Waals surface area contributed by atoms with Crippen LogP contribution in [-0.2, 0) is 6.18 Å². The van der Waals surface area contributed by atoms with Gasteiger partial charge in [0.05, 0.1) is 17.0 Å². The number of nitrogen functional groups attached to an aromatic ring is 1. The molecule has 0 bridgehead atoms. The van der Waals surface area contributed by atoms with Gasteiger partial charge in [-0.25, -0.2) is 14.5 Å². The predicted molar refractivity (Wildman–Crippen MR) is 75.4 cm³/mol. The molecule has 0 unspecified atom stereocenters. The van der Waals surface area contributed by atoms with Gasteiger partial charge in [0.2, 0.25) is 0 Å². The molecule has 3 aromatic rings. The molecule has 0 aliphatic rings. The van der Waals surface area contributed by atoms with Crippen LogP contribution in [0.2, 0.25) is 5.15 Å². The topological polar surface area (TPSA) is 69.1 Å². The maximum absolute atomic E-state index is 13.0. The van der Waals surface area contributed by atoms with Gasteiger partial charge >= 0.3 is 6.18 Å². The van der Waals surface area contributed by atoms with Gasteiger partial charge in [-0.1, -0.05) is 11.6 Å². The van der Waals surface area contributed by atoms with Gasteiger partial charge in [-0.15, -0.1) is 0 Å². The van der Waals surface area contributed by atoms with Gasteiger partial charge in [-0.3, -0.25) is 0 Å². The molecule has 0 amide bonds. The van der Waals surface area contributed by atoms with E-state index in [9.17, 15) is 13.2 Å². The molecule has 0 spiro atoms. The van der Waals surface area contributed by atoms with Crippen molar-refractivity contribution < 1.29 is 13.2 Å². The van der Waals surface area contributed by atoms with Crippen LogP contribution < -0.4 is 5.73 Å². The van der Waals surface area contributed by atoms with E-state index in [1.54, 1.807) is 19.1 Å². The number of aryl methyl sites for hydroxylation is 1. The second-order valence-corrected chi connectivity index (χ2v) is 5.01. The summed E-state index contributed by atoms with van der Waals surface area (Å²) >= 11 is 5.84. The second-order valence-electron chi connectivity index (χ2n) is 4.63. The van der Waals surface area contributed by atoms with Crippen molar-refractivity contribution in [3.8, 4) is 11.3 Å². The van der Waals surface area contributed by atoms with Crippen LogP contribution in [0.4, 0.5) is 19.0 Å². The highest BCUT2D eigenvalue weighted by atomic mass is 35.5. The quantitative estimate of drug-likeness (QED) is 0.744. The number of pyridine rings is 1. The number of hydrogen-bond donors (Lipinski definition) is 1. The summed E-state index contributed by atoms with van der Waals surface area (Å²) in [4.78, 5) is 7.87. The zero-order valence-electron chi connectivity index (χ0n) is 11.2. The Bertz CT molecular complexity index is 872. The number of hydrogen-bond acceptors (Lipinski definition) is 4. The number of alkyl halides is 3. The number of halogens is 4. The van der Waals surface area contributed by atoms with Gasteiger partial charge in [-0.2, -0.15) is 18.3 Å². The monoisotopic (exact) mass is 327 g/mol. The third-order valence-corrected chi connectivity index (χ3v) is 3.32. The number of nitrogens with two attached hydrogens (primary N) is 1. The normalized spacial score (nSPS) is 12.0. The lowest BCUT2D eigenvalue weighted by Crippen LogP contribution is -2.11. The minimum Gasteiger partial charge on any atom is -0.383 e. The molecule has 22 heavy (non-hydrogen) atoms. The Morgan fingerprint density at radius 3 is 2.68 bits per heavy atom. The fourth-order valence-electron chi connectivity index (χ4n) is 2.18. The molecular formula is C13H9ClF3N5. The zero-order chi connectivity index (χ0) is 16.1. The van der Waals surface area contributed by atoms with Crippen molar-refractivity contribution in [2.24, 2.45) is 0 Å². The maximum atomic E-state index is 13.0. The van der Waals surface area contributed by atoms with Crippen molar-refractivity contribution in [3.05, 3.63) is 40.8 Å².